The van der Waals surface area contributed by atoms with Crippen molar-refractivity contribution in [1.29, 1.82) is 0 Å². The summed E-state index contributed by atoms with van der Waals surface area (Å²) in [6, 6.07) is 0.517. The Kier molecular flexibility index (Phi) is 3.26. The zero-order chi connectivity index (χ0) is 10.0. The molecule has 74 valence electrons. The van der Waals surface area contributed by atoms with Crippen LogP contribution in [-0.2, 0) is 0 Å². The summed E-state index contributed by atoms with van der Waals surface area (Å²) in [4.78, 5) is 0. The summed E-state index contributed by atoms with van der Waals surface area (Å²) in [6.45, 7) is 4.00. The lowest BCUT2D eigenvalue weighted by atomic mass is 10.1. The van der Waals surface area contributed by atoms with Crippen LogP contribution in [0.1, 0.15) is 31.5 Å². The molecule has 0 amide bonds. The van der Waals surface area contributed by atoms with Crippen LogP contribution < -0.4 is 4.74 Å². The summed E-state index contributed by atoms with van der Waals surface area (Å²) in [5.41, 5.74) is 0.835. The van der Waals surface area contributed by atoms with E-state index in [0.717, 1.165) is 5.69 Å². The molecule has 0 spiro atoms. The van der Waals surface area contributed by atoms with Gasteiger partial charge in [0.05, 0.1) is 12.8 Å². The number of alkyl halides is 1. The average molecular weight is 204 g/mol. The third-order valence-electron chi connectivity index (χ3n) is 1.75. The minimum absolute atomic E-state index is 0.277. The number of halogens is 1. The Hall–Kier alpha value is -0.630. The molecule has 0 aromatic carbocycles. The van der Waals surface area contributed by atoms with Crippen molar-refractivity contribution in [2.24, 2.45) is 0 Å². The van der Waals surface area contributed by atoms with E-state index >= 15 is 0 Å². The first-order valence-corrected chi connectivity index (χ1v) is 4.76. The van der Waals surface area contributed by atoms with Crippen molar-refractivity contribution in [3.63, 3.8) is 0 Å². The molecule has 0 radical (unpaired) electrons. The lowest BCUT2D eigenvalue weighted by molar-refractivity contribution is 0.280. The Bertz CT molecular complexity index is 286. The second-order valence-electron chi connectivity index (χ2n) is 3.08. The van der Waals surface area contributed by atoms with E-state index in [1.165, 1.54) is 11.8 Å². The van der Waals surface area contributed by atoms with Gasteiger partial charge in [-0.25, -0.2) is 4.39 Å². The largest absolute Gasteiger partial charge is 0.481 e. The number of nitrogens with zero attached hydrogens (tertiary/aromatic N) is 2. The highest BCUT2D eigenvalue weighted by atomic mass is 31.0. The van der Waals surface area contributed by atoms with Crippen molar-refractivity contribution in [2.75, 3.05) is 7.11 Å². The van der Waals surface area contributed by atoms with E-state index < -0.39 is 6.04 Å². The van der Waals surface area contributed by atoms with Crippen LogP contribution in [0.3, 0.4) is 0 Å². The number of methoxy groups -OCH3 is 1. The molecule has 0 N–H and O–H groups in total. The minimum Gasteiger partial charge on any atom is -0.481 e. The molecule has 1 aromatic heterocycles. The van der Waals surface area contributed by atoms with Gasteiger partial charge >= 0.3 is 0 Å². The van der Waals surface area contributed by atoms with Gasteiger partial charge in [0.2, 0.25) is 11.9 Å². The van der Waals surface area contributed by atoms with Crippen molar-refractivity contribution < 1.29 is 9.13 Å². The Morgan fingerprint density at radius 3 is 2.54 bits per heavy atom. The maximum absolute atomic E-state index is 12.9. The Balaban J connectivity index is 3.04. The SMILES string of the molecule is COc1cc(C(C)C)nn1C(F)P. The van der Waals surface area contributed by atoms with Crippen LogP contribution >= 0.6 is 9.24 Å². The lowest BCUT2D eigenvalue weighted by Gasteiger charge is -2.05. The molecular formula is C8H14FN2OP. The molecule has 1 heterocycles. The first-order valence-electron chi connectivity index (χ1n) is 4.09. The van der Waals surface area contributed by atoms with Gasteiger partial charge in [-0.3, -0.25) is 0 Å². The molecule has 0 saturated carbocycles. The second-order valence-corrected chi connectivity index (χ2v) is 3.63. The van der Waals surface area contributed by atoms with E-state index in [0.29, 0.717) is 5.88 Å². The number of ether oxygens (including phenoxy) is 1. The van der Waals surface area contributed by atoms with Crippen LogP contribution in [0.4, 0.5) is 4.39 Å². The van der Waals surface area contributed by atoms with Crippen LogP contribution in [0.2, 0.25) is 0 Å². The van der Waals surface area contributed by atoms with Gasteiger partial charge in [-0.1, -0.05) is 23.1 Å². The van der Waals surface area contributed by atoms with Gasteiger partial charge < -0.3 is 4.74 Å². The van der Waals surface area contributed by atoms with E-state index in [2.05, 4.69) is 5.10 Å². The molecule has 1 aromatic rings. The molecule has 5 heteroatoms. The number of aromatic nitrogens is 2. The van der Waals surface area contributed by atoms with Crippen molar-refractivity contribution in [1.82, 2.24) is 9.78 Å². The van der Waals surface area contributed by atoms with E-state index in [4.69, 9.17) is 4.74 Å². The highest BCUT2D eigenvalue weighted by molar-refractivity contribution is 7.16. The van der Waals surface area contributed by atoms with Gasteiger partial charge in [0.15, 0.2) is 0 Å². The summed E-state index contributed by atoms with van der Waals surface area (Å²) >= 11 is 0. The van der Waals surface area contributed by atoms with Gasteiger partial charge in [0, 0.05) is 6.07 Å². The first-order chi connectivity index (χ1) is 6.06. The summed E-state index contributed by atoms with van der Waals surface area (Å²) < 4.78 is 19.1. The van der Waals surface area contributed by atoms with E-state index in [1.807, 2.05) is 23.1 Å². The Morgan fingerprint density at radius 2 is 2.23 bits per heavy atom. The summed E-state index contributed by atoms with van der Waals surface area (Å²) in [5.74, 6) is 0.727. The maximum Gasteiger partial charge on any atom is 0.214 e. The summed E-state index contributed by atoms with van der Waals surface area (Å²) in [5, 5.41) is 4.08. The fourth-order valence-electron chi connectivity index (χ4n) is 1.01. The van der Waals surface area contributed by atoms with Gasteiger partial charge in [0.25, 0.3) is 0 Å². The van der Waals surface area contributed by atoms with Crippen molar-refractivity contribution in [3.8, 4) is 5.88 Å². The molecule has 0 fully saturated rings. The van der Waals surface area contributed by atoms with E-state index in [9.17, 15) is 4.39 Å². The van der Waals surface area contributed by atoms with Crippen molar-refractivity contribution in [3.05, 3.63) is 11.8 Å². The molecule has 3 nitrogen and oxygen atoms in total. The fourth-order valence-corrected chi connectivity index (χ4v) is 1.22. The molecular weight excluding hydrogens is 190 g/mol. The highest BCUT2D eigenvalue weighted by Crippen LogP contribution is 2.26. The topological polar surface area (TPSA) is 27.1 Å². The fraction of sp³-hybridized carbons (Fsp3) is 0.625. The molecule has 0 aliphatic rings. The third kappa shape index (κ3) is 2.19. The average Bonchev–Trinajstić information content (AvgIpc) is 2.47. The molecule has 0 bridgehead atoms. The van der Waals surface area contributed by atoms with Gasteiger partial charge in [0.1, 0.15) is 0 Å². The third-order valence-corrected chi connectivity index (χ3v) is 2.04. The minimum atomic E-state index is -1.23. The molecule has 0 aliphatic carbocycles. The summed E-state index contributed by atoms with van der Waals surface area (Å²) in [6.07, 6.45) is 0. The molecule has 13 heavy (non-hydrogen) atoms. The smallest absolute Gasteiger partial charge is 0.214 e. The lowest BCUT2D eigenvalue weighted by Crippen LogP contribution is -2.02. The monoisotopic (exact) mass is 204 g/mol. The maximum atomic E-state index is 12.9. The Morgan fingerprint density at radius 1 is 1.62 bits per heavy atom. The number of hydrogen-bond acceptors (Lipinski definition) is 2. The molecule has 2 atom stereocenters. The summed E-state index contributed by atoms with van der Waals surface area (Å²) in [7, 11) is 3.54. The molecule has 2 unspecified atom stereocenters. The zero-order valence-electron chi connectivity index (χ0n) is 7.99. The van der Waals surface area contributed by atoms with E-state index in [-0.39, 0.29) is 5.92 Å². The van der Waals surface area contributed by atoms with Crippen LogP contribution in [0.25, 0.3) is 0 Å². The van der Waals surface area contributed by atoms with Crippen LogP contribution in [-0.4, -0.2) is 16.9 Å². The van der Waals surface area contributed by atoms with Gasteiger partial charge in [-0.15, -0.1) is 0 Å². The predicted molar refractivity (Wildman–Crippen MR) is 52.7 cm³/mol. The predicted octanol–water partition coefficient (Wildman–Crippen LogP) is 2.32. The van der Waals surface area contributed by atoms with Crippen LogP contribution in [0.5, 0.6) is 5.88 Å². The Labute approximate surface area is 79.5 Å². The number of hydrogen-bond donors (Lipinski definition) is 0. The molecule has 0 aliphatic heterocycles. The molecule has 0 saturated heterocycles. The van der Waals surface area contributed by atoms with E-state index in [1.54, 1.807) is 6.07 Å². The second kappa shape index (κ2) is 4.05. The van der Waals surface area contributed by atoms with Gasteiger partial charge in [-0.2, -0.15) is 9.78 Å². The first kappa shape index (κ1) is 10.5. The standard InChI is InChI=1S/C8H14FN2OP/c1-5(2)6-4-7(12-3)11(10-6)8(9)13/h4-5,8H,13H2,1-3H3. The van der Waals surface area contributed by atoms with Crippen LogP contribution in [0.15, 0.2) is 6.07 Å². The van der Waals surface area contributed by atoms with Crippen molar-refractivity contribution >= 4 is 9.24 Å². The van der Waals surface area contributed by atoms with Crippen LogP contribution in [0, 0.1) is 0 Å². The highest BCUT2D eigenvalue weighted by Gasteiger charge is 2.14. The normalized spacial score (nSPS) is 13.4. The van der Waals surface area contributed by atoms with Gasteiger partial charge in [-0.05, 0) is 5.92 Å². The number of rotatable bonds is 3. The zero-order valence-corrected chi connectivity index (χ0v) is 9.14. The molecule has 1 rings (SSSR count). The quantitative estimate of drug-likeness (QED) is 0.706. The van der Waals surface area contributed by atoms with Crippen molar-refractivity contribution in [2.45, 2.75) is 25.8 Å².